The SMILES string of the molecule is Cc1ccc(CN(C2CC2)S(=O)(=O)c2cnc[nH]2)cc1. The molecule has 1 aromatic heterocycles. The van der Waals surface area contributed by atoms with Crippen LogP contribution < -0.4 is 0 Å². The lowest BCUT2D eigenvalue weighted by atomic mass is 10.1. The summed E-state index contributed by atoms with van der Waals surface area (Å²) >= 11 is 0. The van der Waals surface area contributed by atoms with Crippen LogP contribution >= 0.6 is 0 Å². The van der Waals surface area contributed by atoms with Gasteiger partial charge in [0.15, 0.2) is 5.03 Å². The molecular weight excluding hydrogens is 274 g/mol. The summed E-state index contributed by atoms with van der Waals surface area (Å²) in [6.45, 7) is 2.43. The molecule has 5 nitrogen and oxygen atoms in total. The van der Waals surface area contributed by atoms with E-state index in [2.05, 4.69) is 9.97 Å². The third kappa shape index (κ3) is 2.62. The van der Waals surface area contributed by atoms with Crippen LogP contribution in [0.5, 0.6) is 0 Å². The molecule has 1 saturated carbocycles. The maximum absolute atomic E-state index is 12.6. The maximum Gasteiger partial charge on any atom is 0.260 e. The van der Waals surface area contributed by atoms with Crippen LogP contribution in [-0.2, 0) is 16.6 Å². The van der Waals surface area contributed by atoms with E-state index in [0.717, 1.165) is 18.4 Å². The molecule has 1 fully saturated rings. The van der Waals surface area contributed by atoms with E-state index >= 15 is 0 Å². The molecule has 6 heteroatoms. The van der Waals surface area contributed by atoms with Crippen molar-refractivity contribution in [2.45, 2.75) is 37.4 Å². The molecule has 1 heterocycles. The van der Waals surface area contributed by atoms with E-state index in [0.29, 0.717) is 6.54 Å². The van der Waals surface area contributed by atoms with Gasteiger partial charge in [0, 0.05) is 12.6 Å². The monoisotopic (exact) mass is 291 g/mol. The summed E-state index contributed by atoms with van der Waals surface area (Å²) in [5.74, 6) is 0. The third-order valence-electron chi connectivity index (χ3n) is 3.47. The molecule has 0 atom stereocenters. The molecule has 106 valence electrons. The van der Waals surface area contributed by atoms with Crippen LogP contribution in [0.4, 0.5) is 0 Å². The second-order valence-electron chi connectivity index (χ2n) is 5.18. The smallest absolute Gasteiger partial charge is 0.260 e. The number of aromatic nitrogens is 2. The van der Waals surface area contributed by atoms with Crippen molar-refractivity contribution in [2.24, 2.45) is 0 Å². The number of rotatable bonds is 5. The van der Waals surface area contributed by atoms with Crippen LogP contribution in [0.2, 0.25) is 0 Å². The van der Waals surface area contributed by atoms with Crippen LogP contribution in [0.15, 0.2) is 41.8 Å². The lowest BCUT2D eigenvalue weighted by Gasteiger charge is -2.21. The summed E-state index contributed by atoms with van der Waals surface area (Å²) in [5.41, 5.74) is 2.17. The first-order chi connectivity index (χ1) is 9.57. The summed E-state index contributed by atoms with van der Waals surface area (Å²) in [4.78, 5) is 6.50. The van der Waals surface area contributed by atoms with E-state index in [1.165, 1.54) is 18.1 Å². The standard InChI is InChI=1S/C14H17N3O2S/c1-11-2-4-12(5-3-11)9-17(13-6-7-13)20(18,19)14-8-15-10-16-14/h2-5,8,10,13H,6-7,9H2,1H3,(H,15,16). The first-order valence-electron chi connectivity index (χ1n) is 6.63. The van der Waals surface area contributed by atoms with Gasteiger partial charge in [0.25, 0.3) is 10.0 Å². The molecule has 0 aliphatic heterocycles. The van der Waals surface area contributed by atoms with Gasteiger partial charge in [0.1, 0.15) is 0 Å². The lowest BCUT2D eigenvalue weighted by Crippen LogP contribution is -2.32. The highest BCUT2D eigenvalue weighted by Gasteiger charge is 2.38. The molecule has 0 saturated heterocycles. The van der Waals surface area contributed by atoms with E-state index in [4.69, 9.17) is 0 Å². The number of H-pyrrole nitrogens is 1. The maximum atomic E-state index is 12.6. The second kappa shape index (κ2) is 5.03. The zero-order valence-electron chi connectivity index (χ0n) is 11.3. The van der Waals surface area contributed by atoms with Gasteiger partial charge in [-0.05, 0) is 25.3 Å². The number of aromatic amines is 1. The summed E-state index contributed by atoms with van der Waals surface area (Å²) in [6, 6.07) is 8.08. The largest absolute Gasteiger partial charge is 0.335 e. The van der Waals surface area contributed by atoms with Crippen molar-refractivity contribution < 1.29 is 8.42 Å². The number of imidazole rings is 1. The van der Waals surface area contributed by atoms with Crippen molar-refractivity contribution in [3.05, 3.63) is 47.9 Å². The average molecular weight is 291 g/mol. The minimum Gasteiger partial charge on any atom is -0.335 e. The topological polar surface area (TPSA) is 66.1 Å². The number of nitrogens with zero attached hydrogens (tertiary/aromatic N) is 2. The normalized spacial score (nSPS) is 15.7. The van der Waals surface area contributed by atoms with E-state index < -0.39 is 10.0 Å². The highest BCUT2D eigenvalue weighted by Crippen LogP contribution is 2.32. The lowest BCUT2D eigenvalue weighted by molar-refractivity contribution is 0.397. The predicted octanol–water partition coefficient (Wildman–Crippen LogP) is 2.07. The van der Waals surface area contributed by atoms with Crippen molar-refractivity contribution in [3.63, 3.8) is 0 Å². The molecule has 1 aliphatic rings. The summed E-state index contributed by atoms with van der Waals surface area (Å²) in [7, 11) is -3.49. The molecule has 1 aliphatic carbocycles. The van der Waals surface area contributed by atoms with Gasteiger partial charge in [-0.2, -0.15) is 4.31 Å². The molecule has 0 radical (unpaired) electrons. The zero-order chi connectivity index (χ0) is 14.2. The van der Waals surface area contributed by atoms with E-state index in [9.17, 15) is 8.42 Å². The number of benzene rings is 1. The van der Waals surface area contributed by atoms with Crippen LogP contribution in [0.1, 0.15) is 24.0 Å². The fourth-order valence-electron chi connectivity index (χ4n) is 2.16. The molecular formula is C14H17N3O2S. The summed E-state index contributed by atoms with van der Waals surface area (Å²) in [6.07, 6.45) is 4.61. The first kappa shape index (κ1) is 13.3. The second-order valence-corrected chi connectivity index (χ2v) is 7.04. The number of aryl methyl sites for hydroxylation is 1. The number of sulfonamides is 1. The number of nitrogens with one attached hydrogen (secondary N) is 1. The van der Waals surface area contributed by atoms with Crippen molar-refractivity contribution in [3.8, 4) is 0 Å². The number of hydrogen-bond acceptors (Lipinski definition) is 3. The van der Waals surface area contributed by atoms with E-state index in [-0.39, 0.29) is 11.1 Å². The van der Waals surface area contributed by atoms with Gasteiger partial charge in [-0.1, -0.05) is 29.8 Å². The van der Waals surface area contributed by atoms with Crippen molar-refractivity contribution in [2.75, 3.05) is 0 Å². The Morgan fingerprint density at radius 2 is 2.00 bits per heavy atom. The van der Waals surface area contributed by atoms with Crippen LogP contribution in [-0.4, -0.2) is 28.7 Å². The highest BCUT2D eigenvalue weighted by atomic mass is 32.2. The summed E-state index contributed by atoms with van der Waals surface area (Å²) < 4.78 is 26.8. The zero-order valence-corrected chi connectivity index (χ0v) is 12.1. The Hall–Kier alpha value is -1.66. The Morgan fingerprint density at radius 3 is 2.55 bits per heavy atom. The molecule has 1 N–H and O–H groups in total. The van der Waals surface area contributed by atoms with Crippen molar-refractivity contribution in [1.82, 2.24) is 14.3 Å². The Morgan fingerprint density at radius 1 is 1.30 bits per heavy atom. The third-order valence-corrected chi connectivity index (χ3v) is 5.30. The van der Waals surface area contributed by atoms with Gasteiger partial charge < -0.3 is 4.98 Å². The fourth-order valence-corrected chi connectivity index (χ4v) is 3.73. The van der Waals surface area contributed by atoms with Gasteiger partial charge in [0.2, 0.25) is 0 Å². The molecule has 2 aromatic rings. The predicted molar refractivity (Wildman–Crippen MR) is 75.5 cm³/mol. The minimum absolute atomic E-state index is 0.115. The van der Waals surface area contributed by atoms with Gasteiger partial charge >= 0.3 is 0 Å². The minimum atomic E-state index is -3.49. The summed E-state index contributed by atoms with van der Waals surface area (Å²) in [5, 5.41) is 0.163. The van der Waals surface area contributed by atoms with Gasteiger partial charge in [-0.15, -0.1) is 0 Å². The Labute approximate surface area is 118 Å². The van der Waals surface area contributed by atoms with Gasteiger partial charge in [0.05, 0.1) is 12.5 Å². The molecule has 0 bridgehead atoms. The van der Waals surface area contributed by atoms with E-state index in [1.54, 1.807) is 4.31 Å². The quantitative estimate of drug-likeness (QED) is 0.917. The van der Waals surface area contributed by atoms with Gasteiger partial charge in [-0.3, -0.25) is 0 Å². The molecule has 0 amide bonds. The fraction of sp³-hybridized carbons (Fsp3) is 0.357. The molecule has 0 unspecified atom stereocenters. The molecule has 20 heavy (non-hydrogen) atoms. The molecule has 0 spiro atoms. The Balaban J connectivity index is 1.88. The number of hydrogen-bond donors (Lipinski definition) is 1. The van der Waals surface area contributed by atoms with Crippen molar-refractivity contribution in [1.29, 1.82) is 0 Å². The highest BCUT2D eigenvalue weighted by molar-refractivity contribution is 7.89. The first-order valence-corrected chi connectivity index (χ1v) is 8.07. The van der Waals surface area contributed by atoms with Crippen molar-refractivity contribution >= 4 is 10.0 Å². The Kier molecular flexibility index (Phi) is 3.35. The van der Waals surface area contributed by atoms with Crippen LogP contribution in [0.25, 0.3) is 0 Å². The van der Waals surface area contributed by atoms with E-state index in [1.807, 2.05) is 31.2 Å². The average Bonchev–Trinajstić information content (AvgIpc) is 3.09. The van der Waals surface area contributed by atoms with Crippen LogP contribution in [0, 0.1) is 6.92 Å². The molecule has 1 aromatic carbocycles. The van der Waals surface area contributed by atoms with Crippen LogP contribution in [0.3, 0.4) is 0 Å². The Bertz CT molecular complexity index is 674. The molecule has 3 rings (SSSR count). The van der Waals surface area contributed by atoms with Gasteiger partial charge in [-0.25, -0.2) is 13.4 Å².